The van der Waals surface area contributed by atoms with Crippen molar-refractivity contribution in [2.45, 2.75) is 40.2 Å². The number of anilines is 1. The van der Waals surface area contributed by atoms with Crippen LogP contribution in [0.2, 0.25) is 0 Å². The molecule has 1 aliphatic heterocycles. The maximum absolute atomic E-state index is 12.0. The third-order valence-corrected chi connectivity index (χ3v) is 4.54. The summed E-state index contributed by atoms with van der Waals surface area (Å²) < 4.78 is 0. The van der Waals surface area contributed by atoms with Crippen LogP contribution in [-0.2, 0) is 4.79 Å². The van der Waals surface area contributed by atoms with E-state index in [0.717, 1.165) is 37.0 Å². The molecule has 1 aliphatic rings. The summed E-state index contributed by atoms with van der Waals surface area (Å²) in [6, 6.07) is 6.33. The van der Waals surface area contributed by atoms with E-state index in [4.69, 9.17) is 12.2 Å². The molecule has 6 heteroatoms. The molecule has 0 saturated carbocycles. The van der Waals surface area contributed by atoms with Crippen LogP contribution in [0.4, 0.5) is 5.69 Å². The number of benzene rings is 1. The Morgan fingerprint density at radius 1 is 1.16 bits per heavy atom. The van der Waals surface area contributed by atoms with Gasteiger partial charge in [0.05, 0.1) is 6.54 Å². The van der Waals surface area contributed by atoms with Crippen molar-refractivity contribution in [3.63, 3.8) is 0 Å². The van der Waals surface area contributed by atoms with Crippen LogP contribution in [0.5, 0.6) is 0 Å². The summed E-state index contributed by atoms with van der Waals surface area (Å²) in [6.07, 6.45) is 0. The summed E-state index contributed by atoms with van der Waals surface area (Å²) in [5, 5.41) is 7.14. The average molecular weight is 363 g/mol. The molecule has 1 aromatic carbocycles. The lowest BCUT2D eigenvalue weighted by Gasteiger charge is -2.36. The number of carbonyl (C=O) groups is 1. The maximum atomic E-state index is 12.0. The Balaban J connectivity index is 1.82. The van der Waals surface area contributed by atoms with Gasteiger partial charge in [0.1, 0.15) is 0 Å². The number of nitrogens with zero attached hydrogens (tertiary/aromatic N) is 2. The highest BCUT2D eigenvalue weighted by Gasteiger charge is 2.22. The van der Waals surface area contributed by atoms with Gasteiger partial charge in [0.15, 0.2) is 5.11 Å². The fraction of sp³-hybridized carbons (Fsp3) is 0.579. The first-order chi connectivity index (χ1) is 11.6. The Kier molecular flexibility index (Phi) is 6.41. The minimum atomic E-state index is -0.184. The van der Waals surface area contributed by atoms with E-state index in [9.17, 15) is 4.79 Å². The predicted molar refractivity (Wildman–Crippen MR) is 108 cm³/mol. The molecule has 1 saturated heterocycles. The number of nitrogens with one attached hydrogen (secondary N) is 2. The number of carbonyl (C=O) groups excluding carboxylic acids is 1. The number of rotatable bonds is 3. The van der Waals surface area contributed by atoms with Gasteiger partial charge in [-0.3, -0.25) is 9.69 Å². The van der Waals surface area contributed by atoms with Crippen LogP contribution < -0.4 is 10.6 Å². The molecule has 0 radical (unpaired) electrons. The summed E-state index contributed by atoms with van der Waals surface area (Å²) in [7, 11) is 0. The van der Waals surface area contributed by atoms with Gasteiger partial charge in [0, 0.05) is 37.4 Å². The molecule has 5 nitrogen and oxygen atoms in total. The van der Waals surface area contributed by atoms with Gasteiger partial charge in [-0.25, -0.2) is 0 Å². The van der Waals surface area contributed by atoms with E-state index >= 15 is 0 Å². The van der Waals surface area contributed by atoms with Gasteiger partial charge in [0.25, 0.3) is 0 Å². The number of hydrogen-bond acceptors (Lipinski definition) is 3. The second-order valence-corrected chi connectivity index (χ2v) is 8.20. The molecule has 1 amide bonds. The lowest BCUT2D eigenvalue weighted by Crippen LogP contribution is -2.53. The van der Waals surface area contributed by atoms with E-state index < -0.39 is 0 Å². The molecule has 1 aromatic rings. The molecule has 25 heavy (non-hydrogen) atoms. The monoisotopic (exact) mass is 362 g/mol. The van der Waals surface area contributed by atoms with E-state index in [-0.39, 0.29) is 11.4 Å². The van der Waals surface area contributed by atoms with Crippen molar-refractivity contribution < 1.29 is 4.79 Å². The second kappa shape index (κ2) is 8.15. The van der Waals surface area contributed by atoms with E-state index in [0.29, 0.717) is 6.54 Å². The van der Waals surface area contributed by atoms with Gasteiger partial charge in [-0.2, -0.15) is 0 Å². The Bertz CT molecular complexity index is 631. The van der Waals surface area contributed by atoms with Gasteiger partial charge in [-0.15, -0.1) is 0 Å². The minimum absolute atomic E-state index is 0.0806. The fourth-order valence-corrected chi connectivity index (χ4v) is 3.13. The van der Waals surface area contributed by atoms with E-state index in [1.807, 2.05) is 20.8 Å². The standard InChI is InChI=1S/C19H30N4OS/c1-14-6-7-15(2)16(12-14)20-18(25)23-10-8-22(9-11-23)13-17(24)21-19(3,4)5/h6-7,12H,8-11,13H2,1-5H3,(H,20,25)(H,21,24). The van der Waals surface area contributed by atoms with Crippen LogP contribution in [0.15, 0.2) is 18.2 Å². The maximum Gasteiger partial charge on any atom is 0.234 e. The van der Waals surface area contributed by atoms with Gasteiger partial charge < -0.3 is 15.5 Å². The van der Waals surface area contributed by atoms with Crippen molar-refractivity contribution in [1.29, 1.82) is 0 Å². The summed E-state index contributed by atoms with van der Waals surface area (Å²) >= 11 is 5.57. The van der Waals surface area contributed by atoms with Crippen LogP contribution in [0.3, 0.4) is 0 Å². The molecule has 1 heterocycles. The third-order valence-electron chi connectivity index (χ3n) is 4.18. The number of aryl methyl sites for hydroxylation is 2. The lowest BCUT2D eigenvalue weighted by atomic mass is 10.1. The smallest absolute Gasteiger partial charge is 0.234 e. The van der Waals surface area contributed by atoms with Gasteiger partial charge >= 0.3 is 0 Å². The fourth-order valence-electron chi connectivity index (χ4n) is 2.83. The normalized spacial score (nSPS) is 15.8. The topological polar surface area (TPSA) is 47.6 Å². The quantitative estimate of drug-likeness (QED) is 0.809. The van der Waals surface area contributed by atoms with Crippen LogP contribution in [-0.4, -0.2) is 59.1 Å². The van der Waals surface area contributed by atoms with Crippen molar-refractivity contribution in [1.82, 2.24) is 15.1 Å². The molecule has 2 rings (SSSR count). The Labute approximate surface area is 156 Å². The molecule has 0 atom stereocenters. The lowest BCUT2D eigenvalue weighted by molar-refractivity contribution is -0.123. The van der Waals surface area contributed by atoms with E-state index in [2.05, 4.69) is 52.5 Å². The molecule has 0 bridgehead atoms. The first-order valence-electron chi connectivity index (χ1n) is 8.80. The highest BCUT2D eigenvalue weighted by molar-refractivity contribution is 7.80. The molecule has 0 unspecified atom stereocenters. The average Bonchev–Trinajstić information content (AvgIpc) is 2.49. The van der Waals surface area contributed by atoms with Crippen molar-refractivity contribution in [3.05, 3.63) is 29.3 Å². The van der Waals surface area contributed by atoms with Crippen LogP contribution >= 0.6 is 12.2 Å². The zero-order chi connectivity index (χ0) is 18.6. The molecule has 2 N–H and O–H groups in total. The van der Waals surface area contributed by atoms with Gasteiger partial charge in [0.2, 0.25) is 5.91 Å². The van der Waals surface area contributed by atoms with Gasteiger partial charge in [-0.1, -0.05) is 12.1 Å². The van der Waals surface area contributed by atoms with Crippen LogP contribution in [0.1, 0.15) is 31.9 Å². The molecule has 1 fully saturated rings. The van der Waals surface area contributed by atoms with Crippen molar-refractivity contribution >= 4 is 28.9 Å². The van der Waals surface area contributed by atoms with E-state index in [1.54, 1.807) is 0 Å². The number of thiocarbonyl (C=S) groups is 1. The molecular weight excluding hydrogens is 332 g/mol. The second-order valence-electron chi connectivity index (χ2n) is 7.81. The van der Waals surface area contributed by atoms with Crippen LogP contribution in [0.25, 0.3) is 0 Å². The largest absolute Gasteiger partial charge is 0.350 e. The van der Waals surface area contributed by atoms with E-state index in [1.165, 1.54) is 11.1 Å². The Morgan fingerprint density at radius 3 is 2.40 bits per heavy atom. The van der Waals surface area contributed by atoms with Gasteiger partial charge in [-0.05, 0) is 64.0 Å². The first kappa shape index (κ1) is 19.7. The summed E-state index contributed by atoms with van der Waals surface area (Å²) in [5.74, 6) is 0.0806. The van der Waals surface area contributed by atoms with Crippen LogP contribution in [0, 0.1) is 13.8 Å². The summed E-state index contributed by atoms with van der Waals surface area (Å²) in [6.45, 7) is 13.9. The Hall–Kier alpha value is -1.66. The molecule has 0 aliphatic carbocycles. The molecule has 0 spiro atoms. The zero-order valence-corrected chi connectivity index (χ0v) is 16.8. The predicted octanol–water partition coefficient (Wildman–Crippen LogP) is 2.53. The number of piperazine rings is 1. The SMILES string of the molecule is Cc1ccc(C)c(NC(=S)N2CCN(CC(=O)NC(C)(C)C)CC2)c1. The third kappa shape index (κ3) is 6.29. The highest BCUT2D eigenvalue weighted by atomic mass is 32.1. The zero-order valence-electron chi connectivity index (χ0n) is 16.0. The number of hydrogen-bond donors (Lipinski definition) is 2. The van der Waals surface area contributed by atoms with Crippen molar-refractivity contribution in [3.8, 4) is 0 Å². The number of amides is 1. The van der Waals surface area contributed by atoms with Crippen molar-refractivity contribution in [2.75, 3.05) is 38.0 Å². The summed E-state index contributed by atoms with van der Waals surface area (Å²) in [5.41, 5.74) is 3.28. The Morgan fingerprint density at radius 2 is 1.80 bits per heavy atom. The first-order valence-corrected chi connectivity index (χ1v) is 9.21. The minimum Gasteiger partial charge on any atom is -0.350 e. The molecule has 138 valence electrons. The van der Waals surface area contributed by atoms with Crippen molar-refractivity contribution in [2.24, 2.45) is 0 Å². The summed E-state index contributed by atoms with van der Waals surface area (Å²) in [4.78, 5) is 16.4. The molecular formula is C19H30N4OS. The highest BCUT2D eigenvalue weighted by Crippen LogP contribution is 2.17. The molecule has 0 aromatic heterocycles.